The molecule has 0 aromatic heterocycles. The van der Waals surface area contributed by atoms with E-state index in [-0.39, 0.29) is 19.5 Å². The zero-order valence-electron chi connectivity index (χ0n) is 22.3. The fourth-order valence-electron chi connectivity index (χ4n) is 6.47. The second-order valence-corrected chi connectivity index (χ2v) is 10.6. The van der Waals surface area contributed by atoms with Gasteiger partial charge in [-0.1, -0.05) is 138 Å². The maximum Gasteiger partial charge on any atom is 0.340 e. The van der Waals surface area contributed by atoms with Crippen molar-refractivity contribution in [1.29, 1.82) is 0 Å². The summed E-state index contributed by atoms with van der Waals surface area (Å²) in [6.07, 6.45) is 0. The van der Waals surface area contributed by atoms with E-state index in [9.17, 15) is 4.79 Å². The standard InChI is InChI=1S/C35H25B2N3O/c41-35-38(28-18-9-3-10-19-28)32-24-36(26-14-5-1-6-15-26)30-22-13-23-31-34(30)40(32)33(39(35)29-20-11-4-12-21-29)25-37(31)27-16-7-2-8-17-27/h1-25H. The zero-order valence-corrected chi connectivity index (χ0v) is 22.3. The first-order chi connectivity index (χ1) is 20.3. The van der Waals surface area contributed by atoms with E-state index in [1.165, 1.54) is 21.9 Å². The van der Waals surface area contributed by atoms with E-state index in [1.54, 1.807) is 0 Å². The highest BCUT2D eigenvalue weighted by atomic mass is 16.2. The molecule has 0 saturated carbocycles. The predicted octanol–water partition coefficient (Wildman–Crippen LogP) is 4.65. The molecule has 1 saturated heterocycles. The van der Waals surface area contributed by atoms with Gasteiger partial charge in [-0.15, -0.1) is 0 Å². The molecule has 0 unspecified atom stereocenters. The maximum absolute atomic E-state index is 14.7. The molecule has 3 aliphatic rings. The molecule has 192 valence electrons. The third-order valence-corrected chi connectivity index (χ3v) is 8.27. The predicted molar refractivity (Wildman–Crippen MR) is 171 cm³/mol. The van der Waals surface area contributed by atoms with Crippen LogP contribution in [-0.2, 0) is 0 Å². The van der Waals surface area contributed by atoms with E-state index in [2.05, 4.69) is 95.7 Å². The second-order valence-electron chi connectivity index (χ2n) is 10.6. The number of rotatable bonds is 4. The first-order valence-corrected chi connectivity index (χ1v) is 14.0. The third kappa shape index (κ3) is 3.68. The van der Waals surface area contributed by atoms with Crippen molar-refractivity contribution in [2.75, 3.05) is 14.7 Å². The van der Waals surface area contributed by atoms with Crippen LogP contribution in [0, 0.1) is 0 Å². The topological polar surface area (TPSA) is 26.8 Å². The summed E-state index contributed by atoms with van der Waals surface area (Å²) in [5.41, 5.74) is 7.69. The summed E-state index contributed by atoms with van der Waals surface area (Å²) in [6.45, 7) is -0.00841. The van der Waals surface area contributed by atoms with Crippen molar-refractivity contribution >= 4 is 58.4 Å². The highest BCUT2D eigenvalue weighted by molar-refractivity contribution is 6.95. The molecule has 41 heavy (non-hydrogen) atoms. The maximum atomic E-state index is 14.7. The van der Waals surface area contributed by atoms with Crippen molar-refractivity contribution in [2.45, 2.75) is 0 Å². The lowest BCUT2D eigenvalue weighted by molar-refractivity contribution is 0.252. The minimum atomic E-state index is -0.0994. The lowest BCUT2D eigenvalue weighted by atomic mass is 9.34. The summed E-state index contributed by atoms with van der Waals surface area (Å²) < 4.78 is 0. The molecule has 5 aromatic rings. The lowest BCUT2D eigenvalue weighted by Gasteiger charge is -2.51. The van der Waals surface area contributed by atoms with Crippen LogP contribution in [0.3, 0.4) is 0 Å². The van der Waals surface area contributed by atoms with Crippen molar-refractivity contribution in [3.63, 3.8) is 0 Å². The lowest BCUT2D eigenvalue weighted by Crippen LogP contribution is -2.65. The Labute approximate surface area is 240 Å². The minimum Gasteiger partial charge on any atom is -0.284 e. The summed E-state index contributed by atoms with van der Waals surface area (Å²) in [7, 11) is 0. The third-order valence-electron chi connectivity index (χ3n) is 8.27. The number of para-hydroxylation sites is 3. The van der Waals surface area contributed by atoms with E-state index in [1.807, 2.05) is 70.5 Å². The van der Waals surface area contributed by atoms with Gasteiger partial charge in [-0.3, -0.25) is 4.90 Å². The zero-order chi connectivity index (χ0) is 27.3. The SMILES string of the molecule is O=C1N(c2ccccc2)C2=CB(c3ccccc3)c3cccc4c3N2C(=CB4c2ccccc2)N1c1ccccc1. The monoisotopic (exact) mass is 525 g/mol. The number of carbonyl (C=O) groups is 1. The van der Waals surface area contributed by atoms with E-state index < -0.39 is 0 Å². The van der Waals surface area contributed by atoms with Gasteiger partial charge >= 0.3 is 6.03 Å². The van der Waals surface area contributed by atoms with Crippen molar-refractivity contribution < 1.29 is 4.79 Å². The van der Waals surface area contributed by atoms with E-state index >= 15 is 0 Å². The molecule has 0 atom stereocenters. The van der Waals surface area contributed by atoms with E-state index in [4.69, 9.17) is 0 Å². The van der Waals surface area contributed by atoms with Crippen LogP contribution < -0.4 is 36.6 Å². The molecule has 1 fully saturated rings. The normalized spacial score (nSPS) is 15.4. The van der Waals surface area contributed by atoms with Gasteiger partial charge in [0, 0.05) is 5.69 Å². The Balaban J connectivity index is 1.45. The van der Waals surface area contributed by atoms with Crippen LogP contribution >= 0.6 is 0 Å². The van der Waals surface area contributed by atoms with Crippen molar-refractivity contribution in [1.82, 2.24) is 0 Å². The average Bonchev–Trinajstić information content (AvgIpc) is 3.04. The Morgan fingerprint density at radius 2 is 0.805 bits per heavy atom. The van der Waals surface area contributed by atoms with Gasteiger partial charge in [-0.2, -0.15) is 0 Å². The van der Waals surface area contributed by atoms with Gasteiger partial charge in [0.25, 0.3) is 0 Å². The number of hydrogen-bond acceptors (Lipinski definition) is 2. The molecule has 0 N–H and O–H groups in total. The summed E-state index contributed by atoms with van der Waals surface area (Å²) in [5, 5.41) is 0. The first-order valence-electron chi connectivity index (χ1n) is 14.0. The molecule has 0 bridgehead atoms. The van der Waals surface area contributed by atoms with Gasteiger partial charge in [0.2, 0.25) is 13.4 Å². The van der Waals surface area contributed by atoms with Crippen molar-refractivity contribution in [3.8, 4) is 0 Å². The number of hydrogen-bond donors (Lipinski definition) is 0. The fourth-order valence-corrected chi connectivity index (χ4v) is 6.47. The van der Waals surface area contributed by atoms with Crippen LogP contribution in [0.1, 0.15) is 0 Å². The summed E-state index contributed by atoms with van der Waals surface area (Å²) in [6, 6.07) is 47.7. The Morgan fingerprint density at radius 3 is 1.22 bits per heavy atom. The minimum absolute atomic E-state index is 0.00420. The van der Waals surface area contributed by atoms with Crippen LogP contribution in [0.2, 0.25) is 0 Å². The average molecular weight is 525 g/mol. The van der Waals surface area contributed by atoms with Gasteiger partial charge in [-0.25, -0.2) is 14.6 Å². The Kier molecular flexibility index (Phi) is 5.46. The largest absolute Gasteiger partial charge is 0.340 e. The molecule has 3 heterocycles. The van der Waals surface area contributed by atoms with Crippen LogP contribution in [0.4, 0.5) is 21.9 Å². The Bertz CT molecular complexity index is 1700. The Morgan fingerprint density at radius 1 is 0.415 bits per heavy atom. The molecule has 4 nitrogen and oxygen atoms in total. The van der Waals surface area contributed by atoms with Crippen LogP contribution in [0.5, 0.6) is 0 Å². The Hall–Kier alpha value is -5.22. The van der Waals surface area contributed by atoms with Crippen molar-refractivity contribution in [3.05, 3.63) is 163 Å². The second kappa shape index (κ2) is 9.46. The summed E-state index contributed by atoms with van der Waals surface area (Å²) in [5.74, 6) is 6.23. The molecular weight excluding hydrogens is 500 g/mol. The fraction of sp³-hybridized carbons (Fsp3) is 0. The number of urea groups is 1. The molecule has 8 rings (SSSR count). The molecule has 5 aromatic carbocycles. The van der Waals surface area contributed by atoms with Gasteiger partial charge in [-0.05, 0) is 35.2 Å². The molecule has 6 heteroatoms. The van der Waals surface area contributed by atoms with Gasteiger partial charge < -0.3 is 0 Å². The van der Waals surface area contributed by atoms with Crippen LogP contribution in [0.15, 0.2) is 163 Å². The molecule has 0 radical (unpaired) electrons. The number of benzene rings is 5. The molecular formula is C35H25B2N3O. The smallest absolute Gasteiger partial charge is 0.284 e. The molecule has 2 amide bonds. The van der Waals surface area contributed by atoms with E-state index in [0.717, 1.165) is 28.7 Å². The highest BCUT2D eigenvalue weighted by Gasteiger charge is 2.48. The number of carbonyl (C=O) groups excluding carboxylic acids is 1. The molecule has 0 spiro atoms. The van der Waals surface area contributed by atoms with Gasteiger partial charge in [0.15, 0.2) is 0 Å². The van der Waals surface area contributed by atoms with Crippen LogP contribution in [-0.4, -0.2) is 19.5 Å². The van der Waals surface area contributed by atoms with Gasteiger partial charge in [0.05, 0.1) is 11.4 Å². The number of amides is 2. The number of anilines is 3. The van der Waals surface area contributed by atoms with Gasteiger partial charge in [0.1, 0.15) is 11.6 Å². The molecule has 3 aliphatic heterocycles. The molecule has 0 aliphatic carbocycles. The van der Waals surface area contributed by atoms with Crippen LogP contribution in [0.25, 0.3) is 0 Å². The summed E-state index contributed by atoms with van der Waals surface area (Å²) >= 11 is 0. The van der Waals surface area contributed by atoms with Crippen molar-refractivity contribution in [2.24, 2.45) is 0 Å². The van der Waals surface area contributed by atoms with E-state index in [0.29, 0.717) is 0 Å². The quantitative estimate of drug-likeness (QED) is 0.320. The highest BCUT2D eigenvalue weighted by Crippen LogP contribution is 2.41. The summed E-state index contributed by atoms with van der Waals surface area (Å²) in [4.78, 5) is 20.7. The first kappa shape index (κ1) is 23.6. The number of nitrogens with zero attached hydrogens (tertiary/aromatic N) is 3.